The van der Waals surface area contributed by atoms with E-state index < -0.39 is 0 Å². The third kappa shape index (κ3) is 4.20. The number of H-pyrrole nitrogens is 1. The first-order chi connectivity index (χ1) is 13.3. The second kappa shape index (κ2) is 8.63. The fourth-order valence-corrected chi connectivity index (χ4v) is 4.03. The Balaban J connectivity index is 1.34. The Morgan fingerprint density at radius 2 is 1.85 bits per heavy atom. The van der Waals surface area contributed by atoms with Gasteiger partial charge in [-0.2, -0.15) is 0 Å². The fourth-order valence-electron chi connectivity index (χ4n) is 3.51. The zero-order valence-corrected chi connectivity index (χ0v) is 16.5. The summed E-state index contributed by atoms with van der Waals surface area (Å²) >= 11 is 1.68. The molecule has 0 unspecified atom stereocenters. The van der Waals surface area contributed by atoms with E-state index >= 15 is 0 Å². The van der Waals surface area contributed by atoms with Crippen LogP contribution in [0.2, 0.25) is 0 Å². The van der Waals surface area contributed by atoms with Crippen molar-refractivity contribution in [3.63, 3.8) is 0 Å². The van der Waals surface area contributed by atoms with Gasteiger partial charge < -0.3 is 9.72 Å². The van der Waals surface area contributed by atoms with Crippen molar-refractivity contribution in [2.24, 2.45) is 0 Å². The van der Waals surface area contributed by atoms with Gasteiger partial charge in [0.1, 0.15) is 0 Å². The number of imidazole rings is 1. The number of nitrogens with one attached hydrogen (secondary N) is 1. The number of aromatic nitrogens is 2. The number of ether oxygens (including phenoxy) is 1. The van der Waals surface area contributed by atoms with Crippen molar-refractivity contribution in [3.8, 4) is 11.3 Å². The van der Waals surface area contributed by atoms with E-state index in [0.717, 1.165) is 44.1 Å². The molecule has 1 aliphatic carbocycles. The maximum atomic E-state index is 5.85. The van der Waals surface area contributed by atoms with Gasteiger partial charge in [-0.1, -0.05) is 66.5 Å². The summed E-state index contributed by atoms with van der Waals surface area (Å²) in [6.45, 7) is 2.24. The lowest BCUT2D eigenvalue weighted by Gasteiger charge is -2.18. The van der Waals surface area contributed by atoms with E-state index in [1.165, 1.54) is 22.4 Å². The average molecular weight is 380 g/mol. The highest BCUT2D eigenvalue weighted by Crippen LogP contribution is 2.34. The van der Waals surface area contributed by atoms with Crippen LogP contribution in [0.25, 0.3) is 11.3 Å². The van der Waals surface area contributed by atoms with Crippen LogP contribution in [0.3, 0.4) is 0 Å². The average Bonchev–Trinajstić information content (AvgIpc) is 3.16. The minimum atomic E-state index is 0.690. The SMILES string of the molecule is CSN(CCOCCc1ccccc1)c1nc2c([nH]1)CCc1ccccc1-2. The van der Waals surface area contributed by atoms with Crippen molar-refractivity contribution in [3.05, 3.63) is 71.4 Å². The predicted molar refractivity (Wildman–Crippen MR) is 113 cm³/mol. The van der Waals surface area contributed by atoms with E-state index in [1.54, 1.807) is 11.9 Å². The highest BCUT2D eigenvalue weighted by Gasteiger charge is 2.21. The molecule has 1 aromatic heterocycles. The highest BCUT2D eigenvalue weighted by molar-refractivity contribution is 7.99. The van der Waals surface area contributed by atoms with Crippen LogP contribution in [0, 0.1) is 0 Å². The molecule has 1 aliphatic rings. The van der Waals surface area contributed by atoms with Crippen LogP contribution in [-0.4, -0.2) is 36.0 Å². The van der Waals surface area contributed by atoms with Gasteiger partial charge in [-0.05, 0) is 30.4 Å². The summed E-state index contributed by atoms with van der Waals surface area (Å²) in [6.07, 6.45) is 5.13. The molecule has 27 heavy (non-hydrogen) atoms. The molecule has 0 radical (unpaired) electrons. The minimum Gasteiger partial charge on any atom is -0.379 e. The zero-order chi connectivity index (χ0) is 18.5. The van der Waals surface area contributed by atoms with Crippen LogP contribution in [0.5, 0.6) is 0 Å². The minimum absolute atomic E-state index is 0.690. The molecule has 1 heterocycles. The first kappa shape index (κ1) is 18.1. The number of fused-ring (bicyclic) bond motifs is 3. The molecule has 140 valence electrons. The van der Waals surface area contributed by atoms with Crippen LogP contribution in [-0.2, 0) is 24.0 Å². The Labute approximate surface area is 165 Å². The van der Waals surface area contributed by atoms with Crippen molar-refractivity contribution in [1.82, 2.24) is 9.97 Å². The number of anilines is 1. The van der Waals surface area contributed by atoms with Gasteiger partial charge in [-0.15, -0.1) is 0 Å². The number of benzene rings is 2. The van der Waals surface area contributed by atoms with Crippen LogP contribution < -0.4 is 4.31 Å². The van der Waals surface area contributed by atoms with E-state index in [2.05, 4.69) is 64.1 Å². The van der Waals surface area contributed by atoms with Gasteiger partial charge in [-0.3, -0.25) is 4.31 Å². The molecule has 5 heteroatoms. The quantitative estimate of drug-likeness (QED) is 0.461. The highest BCUT2D eigenvalue weighted by atomic mass is 32.2. The fraction of sp³-hybridized carbons (Fsp3) is 0.318. The van der Waals surface area contributed by atoms with Gasteiger partial charge in [-0.25, -0.2) is 4.98 Å². The largest absolute Gasteiger partial charge is 0.379 e. The summed E-state index contributed by atoms with van der Waals surface area (Å²) in [5.74, 6) is 0.927. The molecule has 0 bridgehead atoms. The summed E-state index contributed by atoms with van der Waals surface area (Å²) in [5.41, 5.74) is 6.32. The molecule has 4 rings (SSSR count). The predicted octanol–water partition coefficient (Wildman–Crippen LogP) is 4.52. The normalized spacial score (nSPS) is 12.5. The Morgan fingerprint density at radius 3 is 2.70 bits per heavy atom. The molecule has 3 aromatic rings. The molecule has 0 amide bonds. The maximum absolute atomic E-state index is 5.85. The standard InChI is InChI=1S/C22H25N3OS/c1-27-25(14-16-26-15-13-17-7-3-2-4-8-17)22-23-20-12-11-18-9-5-6-10-19(18)21(20)24-22/h2-10H,11-16H2,1H3,(H,23,24). The van der Waals surface area contributed by atoms with Crippen molar-refractivity contribution in [2.45, 2.75) is 19.3 Å². The lowest BCUT2D eigenvalue weighted by atomic mass is 9.93. The second-order valence-corrected chi connectivity index (χ2v) is 7.48. The third-order valence-corrected chi connectivity index (χ3v) is 5.75. The van der Waals surface area contributed by atoms with Gasteiger partial charge in [0, 0.05) is 17.5 Å². The van der Waals surface area contributed by atoms with E-state index in [9.17, 15) is 0 Å². The van der Waals surface area contributed by atoms with Gasteiger partial charge >= 0.3 is 0 Å². The molecule has 0 spiro atoms. The summed E-state index contributed by atoms with van der Waals surface area (Å²) in [4.78, 5) is 8.43. The summed E-state index contributed by atoms with van der Waals surface area (Å²) < 4.78 is 8.04. The smallest absolute Gasteiger partial charge is 0.213 e. The molecule has 4 nitrogen and oxygen atoms in total. The van der Waals surface area contributed by atoms with Crippen molar-refractivity contribution < 1.29 is 4.74 Å². The first-order valence-corrected chi connectivity index (χ1v) is 10.6. The summed E-state index contributed by atoms with van der Waals surface area (Å²) in [5, 5.41) is 0. The molecule has 0 fully saturated rings. The number of nitrogens with zero attached hydrogens (tertiary/aromatic N) is 2. The van der Waals surface area contributed by atoms with Crippen LogP contribution >= 0.6 is 11.9 Å². The molecular formula is C22H25N3OS. The maximum Gasteiger partial charge on any atom is 0.213 e. The lowest BCUT2D eigenvalue weighted by Crippen LogP contribution is -2.21. The molecule has 0 saturated heterocycles. The van der Waals surface area contributed by atoms with Crippen LogP contribution in [0.1, 0.15) is 16.8 Å². The Morgan fingerprint density at radius 1 is 1.04 bits per heavy atom. The summed E-state index contributed by atoms with van der Waals surface area (Å²) in [6, 6.07) is 19.1. The van der Waals surface area contributed by atoms with Crippen LogP contribution in [0.15, 0.2) is 54.6 Å². The zero-order valence-electron chi connectivity index (χ0n) is 15.6. The van der Waals surface area contributed by atoms with E-state index in [4.69, 9.17) is 9.72 Å². The second-order valence-electron chi connectivity index (χ2n) is 6.68. The van der Waals surface area contributed by atoms with Gasteiger partial charge in [0.05, 0.1) is 25.5 Å². The molecular weight excluding hydrogens is 354 g/mol. The molecule has 2 aromatic carbocycles. The monoisotopic (exact) mass is 379 g/mol. The number of hydrogen-bond acceptors (Lipinski definition) is 4. The van der Waals surface area contributed by atoms with Gasteiger partial charge in [0.25, 0.3) is 0 Å². The number of aryl methyl sites for hydroxylation is 2. The van der Waals surface area contributed by atoms with E-state index in [-0.39, 0.29) is 0 Å². The molecule has 0 aliphatic heterocycles. The molecule has 0 atom stereocenters. The Kier molecular flexibility index (Phi) is 5.80. The Bertz CT molecular complexity index is 878. The molecule has 1 N–H and O–H groups in total. The van der Waals surface area contributed by atoms with Crippen molar-refractivity contribution in [2.75, 3.05) is 30.3 Å². The topological polar surface area (TPSA) is 41.1 Å². The Hall–Kier alpha value is -2.24. The van der Waals surface area contributed by atoms with Gasteiger partial charge in [0.2, 0.25) is 5.95 Å². The van der Waals surface area contributed by atoms with Crippen molar-refractivity contribution >= 4 is 17.9 Å². The molecule has 0 saturated carbocycles. The van der Waals surface area contributed by atoms with Crippen LogP contribution in [0.4, 0.5) is 5.95 Å². The van der Waals surface area contributed by atoms with Gasteiger partial charge in [0.15, 0.2) is 0 Å². The number of rotatable bonds is 8. The summed E-state index contributed by atoms with van der Waals surface area (Å²) in [7, 11) is 0. The van der Waals surface area contributed by atoms with E-state index in [1.807, 2.05) is 6.07 Å². The number of hydrogen-bond donors (Lipinski definition) is 1. The third-order valence-electron chi connectivity index (χ3n) is 4.96. The first-order valence-electron chi connectivity index (χ1n) is 9.45. The van der Waals surface area contributed by atoms with E-state index in [0.29, 0.717) is 6.61 Å². The van der Waals surface area contributed by atoms with Crippen molar-refractivity contribution in [1.29, 1.82) is 0 Å². The lowest BCUT2D eigenvalue weighted by molar-refractivity contribution is 0.145. The number of aromatic amines is 1.